The number of carbonyl (C=O) groups is 2. The van der Waals surface area contributed by atoms with E-state index in [2.05, 4.69) is 5.32 Å². The van der Waals surface area contributed by atoms with E-state index in [1.807, 2.05) is 44.4 Å². The third-order valence-corrected chi connectivity index (χ3v) is 3.99. The highest BCUT2D eigenvalue weighted by Crippen LogP contribution is 2.16. The molecule has 116 valence electrons. The minimum Gasteiger partial charge on any atom is -0.344 e. The molecule has 21 heavy (non-hydrogen) atoms. The minimum atomic E-state index is -0.474. The molecule has 0 radical (unpaired) electrons. The SMILES string of the molecule is CSc1ccc(CN(C)C(=O)C(NC(C)=O)C(C)C)cc1. The summed E-state index contributed by atoms with van der Waals surface area (Å²) in [6.45, 7) is 5.83. The first-order valence-electron chi connectivity index (χ1n) is 7.00. The average Bonchev–Trinajstić information content (AvgIpc) is 2.44. The average molecular weight is 308 g/mol. The van der Waals surface area contributed by atoms with E-state index in [9.17, 15) is 9.59 Å². The lowest BCUT2D eigenvalue weighted by molar-refractivity contribution is -0.136. The summed E-state index contributed by atoms with van der Waals surface area (Å²) in [6.07, 6.45) is 2.03. The van der Waals surface area contributed by atoms with Crippen LogP contribution in [-0.2, 0) is 16.1 Å². The summed E-state index contributed by atoms with van der Waals surface area (Å²) in [5, 5.41) is 2.73. The number of amides is 2. The molecule has 5 heteroatoms. The molecule has 1 unspecified atom stereocenters. The van der Waals surface area contributed by atoms with Crippen molar-refractivity contribution in [1.29, 1.82) is 0 Å². The molecular weight excluding hydrogens is 284 g/mol. The maximum atomic E-state index is 12.5. The summed E-state index contributed by atoms with van der Waals surface area (Å²) in [4.78, 5) is 26.5. The van der Waals surface area contributed by atoms with Gasteiger partial charge in [0.25, 0.3) is 0 Å². The van der Waals surface area contributed by atoms with Gasteiger partial charge in [0, 0.05) is 25.4 Å². The fraction of sp³-hybridized carbons (Fsp3) is 0.500. The van der Waals surface area contributed by atoms with Crippen LogP contribution in [0.25, 0.3) is 0 Å². The Morgan fingerprint density at radius 2 is 1.81 bits per heavy atom. The van der Waals surface area contributed by atoms with E-state index in [4.69, 9.17) is 0 Å². The van der Waals surface area contributed by atoms with Gasteiger partial charge in [-0.2, -0.15) is 0 Å². The van der Waals surface area contributed by atoms with Gasteiger partial charge in [-0.1, -0.05) is 26.0 Å². The Morgan fingerprint density at radius 3 is 2.24 bits per heavy atom. The summed E-state index contributed by atoms with van der Waals surface area (Å²) < 4.78 is 0. The normalized spacial score (nSPS) is 12.1. The molecule has 0 aliphatic carbocycles. The van der Waals surface area contributed by atoms with E-state index >= 15 is 0 Å². The molecule has 1 rings (SSSR count). The van der Waals surface area contributed by atoms with Crippen LogP contribution in [0.5, 0.6) is 0 Å². The predicted octanol–water partition coefficient (Wildman–Crippen LogP) is 2.53. The first kappa shape index (κ1) is 17.6. The second kappa shape index (κ2) is 8.08. The Kier molecular flexibility index (Phi) is 6.75. The Bertz CT molecular complexity index is 486. The fourth-order valence-corrected chi connectivity index (χ4v) is 2.46. The van der Waals surface area contributed by atoms with Gasteiger partial charge in [0.1, 0.15) is 6.04 Å². The van der Waals surface area contributed by atoms with E-state index in [1.165, 1.54) is 11.8 Å². The molecule has 0 fully saturated rings. The number of benzene rings is 1. The van der Waals surface area contributed by atoms with Crippen LogP contribution in [0.3, 0.4) is 0 Å². The number of carbonyl (C=O) groups excluding carboxylic acids is 2. The molecule has 0 heterocycles. The van der Waals surface area contributed by atoms with Gasteiger partial charge in [0.2, 0.25) is 11.8 Å². The predicted molar refractivity (Wildman–Crippen MR) is 87.1 cm³/mol. The number of nitrogens with one attached hydrogen (secondary N) is 1. The van der Waals surface area contributed by atoms with E-state index in [-0.39, 0.29) is 17.7 Å². The zero-order valence-corrected chi connectivity index (χ0v) is 14.2. The molecule has 1 atom stereocenters. The first-order chi connectivity index (χ1) is 9.85. The lowest BCUT2D eigenvalue weighted by Crippen LogP contribution is -2.49. The van der Waals surface area contributed by atoms with Crippen LogP contribution < -0.4 is 5.32 Å². The number of nitrogens with zero attached hydrogens (tertiary/aromatic N) is 1. The Hall–Kier alpha value is -1.49. The minimum absolute atomic E-state index is 0.0581. The summed E-state index contributed by atoms with van der Waals surface area (Å²) in [5.74, 6) is -0.184. The molecule has 0 saturated heterocycles. The third kappa shape index (κ3) is 5.42. The molecular formula is C16H24N2O2S. The summed E-state index contributed by atoms with van der Waals surface area (Å²) in [6, 6.07) is 7.67. The monoisotopic (exact) mass is 308 g/mol. The highest BCUT2D eigenvalue weighted by Gasteiger charge is 2.25. The van der Waals surface area contributed by atoms with Crippen LogP contribution in [0, 0.1) is 5.92 Å². The third-order valence-electron chi connectivity index (χ3n) is 3.25. The number of hydrogen-bond acceptors (Lipinski definition) is 3. The van der Waals surface area contributed by atoms with Gasteiger partial charge in [-0.15, -0.1) is 11.8 Å². The zero-order valence-electron chi connectivity index (χ0n) is 13.3. The van der Waals surface area contributed by atoms with Crippen molar-refractivity contribution in [2.75, 3.05) is 13.3 Å². The van der Waals surface area contributed by atoms with Crippen molar-refractivity contribution >= 4 is 23.6 Å². The largest absolute Gasteiger partial charge is 0.344 e. The molecule has 1 aromatic rings. The van der Waals surface area contributed by atoms with E-state index in [0.717, 1.165) is 5.56 Å². The standard InChI is InChI=1S/C16H24N2O2S/c1-11(2)15(17-12(3)19)16(20)18(4)10-13-6-8-14(21-5)9-7-13/h6-9,11,15H,10H2,1-5H3,(H,17,19). The van der Waals surface area contributed by atoms with Crippen molar-refractivity contribution in [3.63, 3.8) is 0 Å². The van der Waals surface area contributed by atoms with Crippen LogP contribution in [0.15, 0.2) is 29.2 Å². The molecule has 2 amide bonds. The smallest absolute Gasteiger partial charge is 0.245 e. The maximum Gasteiger partial charge on any atom is 0.245 e. The van der Waals surface area contributed by atoms with E-state index in [1.54, 1.807) is 23.7 Å². The highest BCUT2D eigenvalue weighted by atomic mass is 32.2. The molecule has 0 aliphatic rings. The zero-order chi connectivity index (χ0) is 16.0. The quantitative estimate of drug-likeness (QED) is 0.822. The Morgan fingerprint density at radius 1 is 1.24 bits per heavy atom. The molecule has 0 aliphatic heterocycles. The molecule has 1 N–H and O–H groups in total. The van der Waals surface area contributed by atoms with Gasteiger partial charge in [-0.05, 0) is 29.9 Å². The van der Waals surface area contributed by atoms with Crippen LogP contribution in [0.2, 0.25) is 0 Å². The van der Waals surface area contributed by atoms with Crippen LogP contribution in [0.1, 0.15) is 26.3 Å². The summed E-state index contributed by atoms with van der Waals surface area (Å²) in [7, 11) is 1.77. The van der Waals surface area contributed by atoms with E-state index < -0.39 is 6.04 Å². The summed E-state index contributed by atoms with van der Waals surface area (Å²) >= 11 is 1.69. The summed E-state index contributed by atoms with van der Waals surface area (Å²) in [5.41, 5.74) is 1.08. The van der Waals surface area contributed by atoms with Crippen molar-refractivity contribution in [3.05, 3.63) is 29.8 Å². The molecule has 4 nitrogen and oxygen atoms in total. The molecule has 0 saturated carbocycles. The van der Waals surface area contributed by atoms with Gasteiger partial charge < -0.3 is 10.2 Å². The Labute approximate surface area is 131 Å². The lowest BCUT2D eigenvalue weighted by Gasteiger charge is -2.26. The topological polar surface area (TPSA) is 49.4 Å². The van der Waals surface area contributed by atoms with Crippen molar-refractivity contribution in [3.8, 4) is 0 Å². The first-order valence-corrected chi connectivity index (χ1v) is 8.22. The van der Waals surface area contributed by atoms with Gasteiger partial charge in [0.15, 0.2) is 0 Å². The van der Waals surface area contributed by atoms with Crippen molar-refractivity contribution in [2.45, 2.75) is 38.3 Å². The van der Waals surface area contributed by atoms with Crippen LogP contribution >= 0.6 is 11.8 Å². The molecule has 0 aromatic heterocycles. The Balaban J connectivity index is 2.73. The lowest BCUT2D eigenvalue weighted by atomic mass is 10.0. The number of likely N-dealkylation sites (N-methyl/N-ethyl adjacent to an activating group) is 1. The molecule has 0 bridgehead atoms. The van der Waals surface area contributed by atoms with Crippen molar-refractivity contribution in [2.24, 2.45) is 5.92 Å². The number of hydrogen-bond donors (Lipinski definition) is 1. The van der Waals surface area contributed by atoms with Gasteiger partial charge >= 0.3 is 0 Å². The molecule has 0 spiro atoms. The molecule has 1 aromatic carbocycles. The maximum absolute atomic E-state index is 12.5. The number of rotatable bonds is 6. The van der Waals surface area contributed by atoms with Crippen molar-refractivity contribution < 1.29 is 9.59 Å². The van der Waals surface area contributed by atoms with Gasteiger partial charge in [-0.25, -0.2) is 0 Å². The van der Waals surface area contributed by atoms with E-state index in [0.29, 0.717) is 6.54 Å². The van der Waals surface area contributed by atoms with Crippen molar-refractivity contribution in [1.82, 2.24) is 10.2 Å². The van der Waals surface area contributed by atoms with Crippen LogP contribution in [0.4, 0.5) is 0 Å². The van der Waals surface area contributed by atoms with Crippen LogP contribution in [-0.4, -0.2) is 36.1 Å². The number of thioether (sulfide) groups is 1. The second-order valence-electron chi connectivity index (χ2n) is 5.46. The fourth-order valence-electron chi connectivity index (χ4n) is 2.05. The van der Waals surface area contributed by atoms with Gasteiger partial charge in [0.05, 0.1) is 0 Å². The second-order valence-corrected chi connectivity index (χ2v) is 6.34. The highest BCUT2D eigenvalue weighted by molar-refractivity contribution is 7.98. The van der Waals surface area contributed by atoms with Gasteiger partial charge in [-0.3, -0.25) is 9.59 Å².